The van der Waals surface area contributed by atoms with Gasteiger partial charge in [-0.25, -0.2) is 4.98 Å². The van der Waals surface area contributed by atoms with Crippen molar-refractivity contribution in [1.82, 2.24) is 14.8 Å². The number of nitrogens with zero attached hydrogens (tertiary/aromatic N) is 3. The predicted molar refractivity (Wildman–Crippen MR) is 112 cm³/mol. The third-order valence-electron chi connectivity index (χ3n) is 5.66. The molecule has 0 bridgehead atoms. The van der Waals surface area contributed by atoms with Crippen LogP contribution in [0.5, 0.6) is 0 Å². The SMILES string of the molecule is O=C(c1cccs1)N1CCC[C@@H]1C(=O)N1CCC[C@H]1c1nc2ccccc2s1. The summed E-state index contributed by atoms with van der Waals surface area (Å²) < 4.78 is 1.16. The van der Waals surface area contributed by atoms with Crippen LogP contribution in [0.2, 0.25) is 0 Å². The second-order valence-electron chi connectivity index (χ2n) is 7.34. The maximum Gasteiger partial charge on any atom is 0.264 e. The Bertz CT molecular complexity index is 981. The monoisotopic (exact) mass is 411 g/mol. The Morgan fingerprint density at radius 3 is 2.64 bits per heavy atom. The summed E-state index contributed by atoms with van der Waals surface area (Å²) in [5.41, 5.74) is 0.997. The van der Waals surface area contributed by atoms with Crippen LogP contribution in [0.1, 0.15) is 46.4 Å². The summed E-state index contributed by atoms with van der Waals surface area (Å²) in [4.78, 5) is 35.6. The number of carbonyl (C=O) groups is 2. The molecule has 1 aromatic carbocycles. The van der Waals surface area contributed by atoms with E-state index in [1.807, 2.05) is 40.6 Å². The highest BCUT2D eigenvalue weighted by molar-refractivity contribution is 7.18. The van der Waals surface area contributed by atoms with Crippen LogP contribution in [-0.2, 0) is 4.79 Å². The molecule has 4 heterocycles. The fourth-order valence-electron chi connectivity index (χ4n) is 4.32. The molecular formula is C21H21N3O2S2. The van der Waals surface area contributed by atoms with Gasteiger partial charge < -0.3 is 9.80 Å². The molecule has 2 atom stereocenters. The van der Waals surface area contributed by atoms with Gasteiger partial charge in [0.05, 0.1) is 21.1 Å². The Morgan fingerprint density at radius 1 is 1.00 bits per heavy atom. The third kappa shape index (κ3) is 3.02. The van der Waals surface area contributed by atoms with E-state index in [0.717, 1.165) is 47.5 Å². The molecule has 5 rings (SSSR count). The lowest BCUT2D eigenvalue weighted by Gasteiger charge is -2.30. The highest BCUT2D eigenvalue weighted by atomic mass is 32.1. The Kier molecular flexibility index (Phi) is 4.64. The van der Waals surface area contributed by atoms with E-state index < -0.39 is 0 Å². The molecule has 0 aliphatic carbocycles. The number of thiophene rings is 1. The molecule has 0 spiro atoms. The van der Waals surface area contributed by atoms with E-state index in [1.165, 1.54) is 11.3 Å². The minimum Gasteiger partial charge on any atom is -0.331 e. The number of thiazole rings is 1. The summed E-state index contributed by atoms with van der Waals surface area (Å²) in [5.74, 6) is 0.0748. The molecule has 0 N–H and O–H groups in total. The number of hydrogen-bond donors (Lipinski definition) is 0. The summed E-state index contributed by atoms with van der Waals surface area (Å²) in [7, 11) is 0. The van der Waals surface area contributed by atoms with Crippen LogP contribution in [0, 0.1) is 0 Å². The number of carbonyl (C=O) groups excluding carboxylic acids is 2. The number of fused-ring (bicyclic) bond motifs is 1. The number of benzene rings is 1. The predicted octanol–water partition coefficient (Wildman–Crippen LogP) is 4.33. The van der Waals surface area contributed by atoms with E-state index in [1.54, 1.807) is 16.2 Å². The first-order valence-corrected chi connectivity index (χ1v) is 11.4. The molecular weight excluding hydrogens is 390 g/mol. The normalized spacial score (nSPS) is 22.3. The summed E-state index contributed by atoms with van der Waals surface area (Å²) in [6.45, 7) is 1.41. The molecule has 2 aliphatic rings. The summed E-state index contributed by atoms with van der Waals surface area (Å²) in [6.07, 6.45) is 3.56. The van der Waals surface area contributed by atoms with E-state index in [0.29, 0.717) is 11.4 Å². The quantitative estimate of drug-likeness (QED) is 0.645. The number of para-hydroxylation sites is 1. The summed E-state index contributed by atoms with van der Waals surface area (Å²) in [5, 5.41) is 2.92. The van der Waals surface area contributed by atoms with Crippen molar-refractivity contribution in [2.75, 3.05) is 13.1 Å². The number of hydrogen-bond acceptors (Lipinski definition) is 5. The molecule has 0 radical (unpaired) electrons. The van der Waals surface area contributed by atoms with Crippen molar-refractivity contribution in [2.24, 2.45) is 0 Å². The van der Waals surface area contributed by atoms with Gasteiger partial charge in [-0.15, -0.1) is 22.7 Å². The largest absolute Gasteiger partial charge is 0.331 e. The van der Waals surface area contributed by atoms with Gasteiger partial charge in [0, 0.05) is 13.1 Å². The Labute approximate surface area is 171 Å². The van der Waals surface area contributed by atoms with Crippen LogP contribution in [0.15, 0.2) is 41.8 Å². The first-order valence-electron chi connectivity index (χ1n) is 9.73. The zero-order valence-corrected chi connectivity index (χ0v) is 17.0. The lowest BCUT2D eigenvalue weighted by Crippen LogP contribution is -2.47. The van der Waals surface area contributed by atoms with Crippen molar-refractivity contribution >= 4 is 44.7 Å². The van der Waals surface area contributed by atoms with Gasteiger partial charge in [0.25, 0.3) is 5.91 Å². The molecule has 2 amide bonds. The molecule has 144 valence electrons. The Hall–Kier alpha value is -2.25. The molecule has 7 heteroatoms. The molecule has 2 saturated heterocycles. The lowest BCUT2D eigenvalue weighted by atomic mass is 10.1. The van der Waals surface area contributed by atoms with Gasteiger partial charge in [0.2, 0.25) is 5.91 Å². The Balaban J connectivity index is 1.39. The van der Waals surface area contributed by atoms with Crippen LogP contribution in [0.3, 0.4) is 0 Å². The fourth-order valence-corrected chi connectivity index (χ4v) is 6.11. The average molecular weight is 412 g/mol. The fraction of sp³-hybridized carbons (Fsp3) is 0.381. The number of amides is 2. The highest BCUT2D eigenvalue weighted by Gasteiger charge is 2.41. The number of rotatable bonds is 3. The molecule has 2 aromatic heterocycles. The van der Waals surface area contributed by atoms with Crippen molar-refractivity contribution in [2.45, 2.75) is 37.8 Å². The maximum atomic E-state index is 13.4. The van der Waals surface area contributed by atoms with Crippen LogP contribution < -0.4 is 0 Å². The van der Waals surface area contributed by atoms with Crippen molar-refractivity contribution in [3.8, 4) is 0 Å². The van der Waals surface area contributed by atoms with Crippen LogP contribution in [-0.4, -0.2) is 45.7 Å². The van der Waals surface area contributed by atoms with E-state index in [-0.39, 0.29) is 23.9 Å². The first-order chi connectivity index (χ1) is 13.7. The van der Waals surface area contributed by atoms with Gasteiger partial charge in [0.15, 0.2) is 0 Å². The Morgan fingerprint density at radius 2 is 1.82 bits per heavy atom. The molecule has 2 fully saturated rings. The zero-order valence-electron chi connectivity index (χ0n) is 15.4. The molecule has 28 heavy (non-hydrogen) atoms. The standard InChI is InChI=1S/C21H21N3O2S2/c25-20(16-8-4-12-24(16)21(26)18-10-5-13-27-18)23-11-3-7-15(23)19-22-14-6-1-2-9-17(14)28-19/h1-2,5-6,9-10,13,15-16H,3-4,7-8,11-12H2/t15-,16+/m0/s1. The molecule has 3 aromatic rings. The third-order valence-corrected chi connectivity index (χ3v) is 7.66. The topological polar surface area (TPSA) is 53.5 Å². The van der Waals surface area contributed by atoms with Gasteiger partial charge in [-0.3, -0.25) is 9.59 Å². The smallest absolute Gasteiger partial charge is 0.264 e. The highest BCUT2D eigenvalue weighted by Crippen LogP contribution is 2.38. The van der Waals surface area contributed by atoms with Crippen molar-refractivity contribution in [1.29, 1.82) is 0 Å². The van der Waals surface area contributed by atoms with Crippen LogP contribution >= 0.6 is 22.7 Å². The van der Waals surface area contributed by atoms with E-state index >= 15 is 0 Å². The van der Waals surface area contributed by atoms with Crippen molar-refractivity contribution < 1.29 is 9.59 Å². The lowest BCUT2D eigenvalue weighted by molar-refractivity contribution is -0.136. The minimum absolute atomic E-state index is 0.0124. The molecule has 0 unspecified atom stereocenters. The van der Waals surface area contributed by atoms with Gasteiger partial charge in [-0.05, 0) is 49.3 Å². The van der Waals surface area contributed by atoms with Crippen molar-refractivity contribution in [3.05, 3.63) is 51.7 Å². The number of aromatic nitrogens is 1. The zero-order chi connectivity index (χ0) is 19.1. The summed E-state index contributed by atoms with van der Waals surface area (Å²) in [6, 6.07) is 11.5. The van der Waals surface area contributed by atoms with Gasteiger partial charge in [0.1, 0.15) is 11.0 Å². The van der Waals surface area contributed by atoms with Crippen LogP contribution in [0.4, 0.5) is 0 Å². The minimum atomic E-state index is -0.343. The second-order valence-corrected chi connectivity index (χ2v) is 9.35. The van der Waals surface area contributed by atoms with Gasteiger partial charge in [-0.2, -0.15) is 0 Å². The molecule has 0 saturated carbocycles. The maximum absolute atomic E-state index is 13.4. The van der Waals surface area contributed by atoms with Crippen LogP contribution in [0.25, 0.3) is 10.2 Å². The first kappa shape index (κ1) is 17.8. The average Bonchev–Trinajstić information content (AvgIpc) is 3.51. The van der Waals surface area contributed by atoms with Crippen molar-refractivity contribution in [3.63, 3.8) is 0 Å². The second kappa shape index (κ2) is 7.29. The molecule has 5 nitrogen and oxygen atoms in total. The van der Waals surface area contributed by atoms with E-state index in [4.69, 9.17) is 4.98 Å². The van der Waals surface area contributed by atoms with E-state index in [9.17, 15) is 9.59 Å². The molecule has 2 aliphatic heterocycles. The van der Waals surface area contributed by atoms with E-state index in [2.05, 4.69) is 6.07 Å². The number of likely N-dealkylation sites (tertiary alicyclic amines) is 2. The summed E-state index contributed by atoms with van der Waals surface area (Å²) >= 11 is 3.12. The van der Waals surface area contributed by atoms with Gasteiger partial charge >= 0.3 is 0 Å². The van der Waals surface area contributed by atoms with Gasteiger partial charge in [-0.1, -0.05) is 18.2 Å².